The normalized spacial score (nSPS) is 12.9. The molecule has 0 spiro atoms. The van der Waals surface area contributed by atoms with Gasteiger partial charge in [-0.05, 0) is 44.4 Å². The Bertz CT molecular complexity index is 708. The number of benzene rings is 1. The predicted octanol–water partition coefficient (Wildman–Crippen LogP) is 5.07. The Balaban J connectivity index is 3.44. The molecule has 0 aromatic heterocycles. The highest BCUT2D eigenvalue weighted by atomic mass is 31.2. The van der Waals surface area contributed by atoms with Crippen molar-refractivity contribution in [2.24, 2.45) is 0 Å². The Morgan fingerprint density at radius 3 is 1.18 bits per heavy atom. The lowest BCUT2D eigenvalue weighted by atomic mass is 10.1. The van der Waals surface area contributed by atoms with Crippen LogP contribution in [0, 0.1) is 0 Å². The van der Waals surface area contributed by atoms with E-state index >= 15 is 0 Å². The number of aliphatic hydroxyl groups excluding tert-OH is 2. The Hall–Kier alpha value is -0.330. The second kappa shape index (κ2) is 14.9. The smallest absolute Gasteiger partial charge is 0.335 e. The summed E-state index contributed by atoms with van der Waals surface area (Å²) in [5, 5.41) is 18.7. The molecule has 192 valence electrons. The van der Waals surface area contributed by atoms with Gasteiger partial charge in [-0.15, -0.1) is 0 Å². The molecule has 0 aliphatic carbocycles. The molecule has 0 unspecified atom stereocenters. The van der Waals surface area contributed by atoms with Crippen molar-refractivity contribution >= 4 is 22.3 Å². The molecule has 1 rings (SSSR count). The lowest BCUT2D eigenvalue weighted by Crippen LogP contribution is -2.07. The van der Waals surface area contributed by atoms with E-state index in [-0.39, 0.29) is 70.5 Å². The number of hydrogen-bond acceptors (Lipinski definition) is 9. The second-order valence-corrected chi connectivity index (χ2v) is 14.9. The van der Waals surface area contributed by atoms with Gasteiger partial charge < -0.3 is 32.9 Å². The van der Waals surface area contributed by atoms with Crippen molar-refractivity contribution in [3.8, 4) is 0 Å². The first-order valence-corrected chi connectivity index (χ1v) is 17.0. The van der Waals surface area contributed by atoms with Crippen LogP contribution in [0.3, 0.4) is 0 Å². The highest BCUT2D eigenvalue weighted by Crippen LogP contribution is 2.54. The Kier molecular flexibility index (Phi) is 13.9. The molecule has 0 fully saturated rings. The van der Waals surface area contributed by atoms with E-state index in [0.29, 0.717) is 16.7 Å². The minimum Gasteiger partial charge on any atom is -0.396 e. The number of rotatable bonds is 18. The van der Waals surface area contributed by atoms with Crippen molar-refractivity contribution in [1.82, 2.24) is 0 Å². The van der Waals surface area contributed by atoms with Gasteiger partial charge in [0.1, 0.15) is 0 Å². The molecule has 1 aromatic carbocycles. The van der Waals surface area contributed by atoms with Crippen LogP contribution in [0.15, 0.2) is 18.2 Å². The highest BCUT2D eigenvalue weighted by molar-refractivity contribution is 7.63. The summed E-state index contributed by atoms with van der Waals surface area (Å²) in [5.74, 6) is 0. The van der Waals surface area contributed by atoms with Crippen LogP contribution in [0.4, 0.5) is 0 Å². The van der Waals surface area contributed by atoms with Crippen molar-refractivity contribution < 1.29 is 42.0 Å². The molecule has 0 aliphatic rings. The van der Waals surface area contributed by atoms with Gasteiger partial charge >= 0.3 is 15.2 Å². The minimum absolute atomic E-state index is 0.00655. The van der Waals surface area contributed by atoms with Gasteiger partial charge in [0.25, 0.3) is 0 Å². The molecule has 0 amide bonds. The lowest BCUT2D eigenvalue weighted by molar-refractivity contribution is 0.218. The van der Waals surface area contributed by atoms with Crippen LogP contribution in [0.1, 0.15) is 44.4 Å². The number of hydrogen-bond donors (Lipinski definition) is 2. The molecule has 2 N–H and O–H groups in total. The largest absolute Gasteiger partial charge is 0.396 e. The molecule has 0 atom stereocenters. The third kappa shape index (κ3) is 10.9. The van der Waals surface area contributed by atoms with Crippen LogP contribution in [0.5, 0.6) is 0 Å². The van der Waals surface area contributed by atoms with Gasteiger partial charge in [-0.25, -0.2) is 0 Å². The summed E-state index contributed by atoms with van der Waals surface area (Å²) in [4.78, 5) is 0. The van der Waals surface area contributed by atoms with Gasteiger partial charge in [0, 0.05) is 31.7 Å². The van der Waals surface area contributed by atoms with E-state index in [2.05, 4.69) is 0 Å². The Morgan fingerprint density at radius 2 is 0.909 bits per heavy atom. The molecular weight excluding hydrogens is 489 g/mol. The van der Waals surface area contributed by atoms with Crippen LogP contribution in [-0.2, 0) is 50.3 Å². The van der Waals surface area contributed by atoms with Crippen LogP contribution in [-0.4, -0.2) is 62.2 Å². The average Bonchev–Trinajstić information content (AvgIpc) is 2.68. The standard InChI is InChI=1S/C21H39O9P3/c1-5-27-32(25,28-6-2)17-20-13-19(16-31(24,11-9-22)12-10-23)14-21(15-20)18-33(26,29-7-3)30-8-4/h13-15,22-23H,5-12,16-18H2,1-4H3. The first-order valence-electron chi connectivity index (χ1n) is 11.3. The second-order valence-electron chi connectivity index (χ2n) is 7.48. The Morgan fingerprint density at radius 1 is 0.606 bits per heavy atom. The number of aliphatic hydroxyl groups is 2. The van der Waals surface area contributed by atoms with E-state index < -0.39 is 22.3 Å². The monoisotopic (exact) mass is 528 g/mol. The summed E-state index contributed by atoms with van der Waals surface area (Å²) in [6, 6.07) is 5.28. The Labute approximate surface area is 197 Å². The van der Waals surface area contributed by atoms with Gasteiger partial charge in [-0.1, -0.05) is 18.2 Å². The molecule has 12 heteroatoms. The van der Waals surface area contributed by atoms with Crippen LogP contribution in [0.2, 0.25) is 0 Å². The van der Waals surface area contributed by atoms with Crippen LogP contribution < -0.4 is 0 Å². The molecular formula is C21H39O9P3. The molecule has 0 heterocycles. The molecule has 9 nitrogen and oxygen atoms in total. The van der Waals surface area contributed by atoms with E-state index in [9.17, 15) is 23.9 Å². The maximum Gasteiger partial charge on any atom is 0.335 e. The maximum atomic E-state index is 13.3. The van der Waals surface area contributed by atoms with Gasteiger partial charge in [0.2, 0.25) is 0 Å². The average molecular weight is 528 g/mol. The van der Waals surface area contributed by atoms with Crippen LogP contribution in [0.25, 0.3) is 0 Å². The summed E-state index contributed by atoms with van der Waals surface area (Å²) in [6.45, 7) is 7.29. The van der Waals surface area contributed by atoms with Gasteiger partial charge in [0.05, 0.1) is 45.9 Å². The van der Waals surface area contributed by atoms with Crippen molar-refractivity contribution in [2.45, 2.75) is 46.2 Å². The SMILES string of the molecule is CCOP(=O)(Cc1cc(CP(=O)(CCO)CCO)cc(CP(=O)(OCC)OCC)c1)OCC. The van der Waals surface area contributed by atoms with Crippen molar-refractivity contribution in [2.75, 3.05) is 52.0 Å². The molecule has 33 heavy (non-hydrogen) atoms. The van der Waals surface area contributed by atoms with E-state index in [1.54, 1.807) is 45.9 Å². The molecule has 0 saturated carbocycles. The van der Waals surface area contributed by atoms with E-state index in [0.717, 1.165) is 0 Å². The summed E-state index contributed by atoms with van der Waals surface area (Å²) in [7, 11) is -9.73. The van der Waals surface area contributed by atoms with E-state index in [1.165, 1.54) is 0 Å². The summed E-state index contributed by atoms with van der Waals surface area (Å²) in [6.07, 6.45) is 0.288. The van der Waals surface area contributed by atoms with Crippen molar-refractivity contribution in [3.63, 3.8) is 0 Å². The fourth-order valence-electron chi connectivity index (χ4n) is 3.57. The molecule has 0 radical (unpaired) electrons. The lowest BCUT2D eigenvalue weighted by Gasteiger charge is -2.21. The predicted molar refractivity (Wildman–Crippen MR) is 131 cm³/mol. The summed E-state index contributed by atoms with van der Waals surface area (Å²) < 4.78 is 61.2. The fraction of sp³-hybridized carbons (Fsp3) is 0.714. The van der Waals surface area contributed by atoms with E-state index in [4.69, 9.17) is 18.1 Å². The molecule has 0 bridgehead atoms. The topological polar surface area (TPSA) is 129 Å². The first-order chi connectivity index (χ1) is 15.6. The first kappa shape index (κ1) is 30.7. The minimum atomic E-state index is -3.41. The fourth-order valence-corrected chi connectivity index (χ4v) is 9.04. The van der Waals surface area contributed by atoms with Crippen molar-refractivity contribution in [3.05, 3.63) is 34.9 Å². The molecule has 0 aliphatic heterocycles. The van der Waals surface area contributed by atoms with Crippen molar-refractivity contribution in [1.29, 1.82) is 0 Å². The third-order valence-electron chi connectivity index (χ3n) is 4.65. The molecule has 0 saturated heterocycles. The zero-order chi connectivity index (χ0) is 25.0. The quantitative estimate of drug-likeness (QED) is 0.251. The third-order valence-corrected chi connectivity index (χ3v) is 11.7. The zero-order valence-corrected chi connectivity index (χ0v) is 22.8. The maximum absolute atomic E-state index is 13.3. The zero-order valence-electron chi connectivity index (χ0n) is 20.1. The summed E-state index contributed by atoms with van der Waals surface area (Å²) >= 11 is 0. The highest BCUT2D eigenvalue weighted by Gasteiger charge is 2.29. The van der Waals surface area contributed by atoms with Crippen LogP contribution >= 0.6 is 22.3 Å². The van der Waals surface area contributed by atoms with Gasteiger partial charge in [0.15, 0.2) is 0 Å². The van der Waals surface area contributed by atoms with Gasteiger partial charge in [-0.2, -0.15) is 0 Å². The summed E-state index contributed by atoms with van der Waals surface area (Å²) in [5.41, 5.74) is 1.89. The molecule has 1 aromatic rings. The van der Waals surface area contributed by atoms with Gasteiger partial charge in [-0.3, -0.25) is 9.13 Å². The van der Waals surface area contributed by atoms with E-state index in [1.807, 2.05) is 0 Å².